The van der Waals surface area contributed by atoms with Crippen LogP contribution in [-0.2, 0) is 18.4 Å². The summed E-state index contributed by atoms with van der Waals surface area (Å²) in [4.78, 5) is 23.4. The van der Waals surface area contributed by atoms with Gasteiger partial charge in [-0.2, -0.15) is 0 Å². The molecule has 0 aromatic heterocycles. The number of rotatable bonds is 70. The number of allylic oxidation sites excluding steroid dienone is 7. The highest BCUT2D eigenvalue weighted by atomic mass is 31.2. The number of carbonyl (C=O) groups is 1. The Morgan fingerprint density at radius 2 is 0.671 bits per heavy atom. The van der Waals surface area contributed by atoms with Crippen molar-refractivity contribution >= 4 is 13.7 Å². The number of nitrogens with zero attached hydrogens (tertiary/aromatic N) is 1. The summed E-state index contributed by atoms with van der Waals surface area (Å²) in [6.07, 6.45) is 91.4. The van der Waals surface area contributed by atoms with Crippen LogP contribution in [0.5, 0.6) is 0 Å². The van der Waals surface area contributed by atoms with Gasteiger partial charge < -0.3 is 19.8 Å². The molecule has 1 amide bonds. The topological polar surface area (TPSA) is 105 Å². The number of quaternary nitrogens is 1. The van der Waals surface area contributed by atoms with Crippen molar-refractivity contribution in [2.45, 2.75) is 392 Å². The number of phosphoric acid groups is 1. The summed E-state index contributed by atoms with van der Waals surface area (Å²) < 4.78 is 23.8. The fourth-order valence-corrected chi connectivity index (χ4v) is 12.2. The molecule has 0 aliphatic heterocycles. The molecule has 0 spiro atoms. The minimum Gasteiger partial charge on any atom is -0.387 e. The number of phosphoric ester groups is 1. The molecule has 0 rings (SSSR count). The van der Waals surface area contributed by atoms with E-state index in [0.717, 1.165) is 44.9 Å². The average Bonchev–Trinajstić information content (AvgIpc) is 3.49. The summed E-state index contributed by atoms with van der Waals surface area (Å²) in [5.74, 6) is -0.169. The van der Waals surface area contributed by atoms with Crippen LogP contribution < -0.4 is 5.32 Å². The third kappa shape index (κ3) is 69.8. The van der Waals surface area contributed by atoms with E-state index < -0.39 is 20.0 Å². The number of amides is 1. The number of carbonyl (C=O) groups excluding carboxylic acids is 1. The Labute approximate surface area is 530 Å². The van der Waals surface area contributed by atoms with E-state index in [1.807, 2.05) is 27.2 Å². The monoisotopic (exact) mass is 1220 g/mol. The van der Waals surface area contributed by atoms with Gasteiger partial charge in [0.05, 0.1) is 39.9 Å². The summed E-state index contributed by atoms with van der Waals surface area (Å²) in [5, 5.41) is 14.0. The number of likely N-dealkylation sites (N-methyl/N-ethyl adjacent to an activating group) is 1. The minimum atomic E-state index is -4.35. The van der Waals surface area contributed by atoms with Gasteiger partial charge in [-0.25, -0.2) is 4.57 Å². The van der Waals surface area contributed by atoms with E-state index in [2.05, 4.69) is 55.6 Å². The van der Waals surface area contributed by atoms with E-state index in [-0.39, 0.29) is 19.1 Å². The fourth-order valence-electron chi connectivity index (χ4n) is 11.5. The number of aliphatic hydroxyl groups is 1. The van der Waals surface area contributed by atoms with Crippen LogP contribution in [0.25, 0.3) is 0 Å². The van der Waals surface area contributed by atoms with Crippen molar-refractivity contribution in [1.82, 2.24) is 5.32 Å². The van der Waals surface area contributed by atoms with Gasteiger partial charge in [0.2, 0.25) is 5.91 Å². The molecule has 0 fully saturated rings. The van der Waals surface area contributed by atoms with E-state index in [9.17, 15) is 19.4 Å². The number of aliphatic hydroxyl groups excluding tert-OH is 1. The standard InChI is InChI=1S/C76H147N2O6P/c1-6-8-10-12-14-16-18-20-22-24-26-28-30-32-33-34-35-36-37-38-39-40-41-42-43-44-45-46-48-50-52-54-56-58-60-62-64-66-68-70-76(80)77-74(73-84-85(81,82)83-72-71-78(3,4)5)75(79)69-67-65-63-61-59-57-55-53-51-49-47-31-29-27-25-23-21-19-17-15-13-11-9-7-2/h18,20,24,26,30,32,67,69,74-75,79H,6-17,19,21-23,25,27-29,31,33-66,68,70-73H2,1-5H3,(H-,77,80,81,82)/p+1/b20-18-,26-24-,32-30-,69-67+. The first kappa shape index (κ1) is 83.5. The van der Waals surface area contributed by atoms with Crippen molar-refractivity contribution in [3.05, 3.63) is 48.6 Å². The molecule has 0 saturated carbocycles. The molecule has 0 aliphatic rings. The maximum Gasteiger partial charge on any atom is 0.472 e. The van der Waals surface area contributed by atoms with Crippen LogP contribution in [0.15, 0.2) is 48.6 Å². The Hall–Kier alpha value is -1.54. The van der Waals surface area contributed by atoms with Crippen molar-refractivity contribution in [2.24, 2.45) is 0 Å². The van der Waals surface area contributed by atoms with Crippen LogP contribution in [0.3, 0.4) is 0 Å². The zero-order valence-corrected chi connectivity index (χ0v) is 58.5. The highest BCUT2D eigenvalue weighted by Crippen LogP contribution is 2.43. The van der Waals surface area contributed by atoms with Crippen LogP contribution in [0.4, 0.5) is 0 Å². The lowest BCUT2D eigenvalue weighted by atomic mass is 10.0. The normalized spacial score (nSPS) is 13.8. The molecular weight excluding hydrogens is 1070 g/mol. The number of unbranched alkanes of at least 4 members (excludes halogenated alkanes) is 51. The minimum absolute atomic E-state index is 0.0635. The van der Waals surface area contributed by atoms with Crippen molar-refractivity contribution in [2.75, 3.05) is 40.9 Å². The van der Waals surface area contributed by atoms with Gasteiger partial charge in [0.25, 0.3) is 0 Å². The zero-order valence-electron chi connectivity index (χ0n) is 57.6. The summed E-state index contributed by atoms with van der Waals surface area (Å²) in [6.45, 7) is 4.86. The third-order valence-electron chi connectivity index (χ3n) is 17.3. The lowest BCUT2D eigenvalue weighted by Gasteiger charge is -2.25. The lowest BCUT2D eigenvalue weighted by molar-refractivity contribution is -0.870. The molecule has 3 unspecified atom stereocenters. The molecule has 0 bridgehead atoms. The van der Waals surface area contributed by atoms with Crippen LogP contribution in [0.1, 0.15) is 380 Å². The highest BCUT2D eigenvalue weighted by Gasteiger charge is 2.28. The third-order valence-corrected chi connectivity index (χ3v) is 18.3. The van der Waals surface area contributed by atoms with E-state index in [1.54, 1.807) is 6.08 Å². The van der Waals surface area contributed by atoms with Crippen molar-refractivity contribution in [3.63, 3.8) is 0 Å². The Morgan fingerprint density at radius 1 is 0.400 bits per heavy atom. The second kappa shape index (κ2) is 66.9. The van der Waals surface area contributed by atoms with Gasteiger partial charge in [-0.15, -0.1) is 0 Å². The largest absolute Gasteiger partial charge is 0.472 e. The van der Waals surface area contributed by atoms with Gasteiger partial charge in [0.15, 0.2) is 0 Å². The fraction of sp³-hybridized carbons (Fsp3) is 0.882. The zero-order chi connectivity index (χ0) is 61.9. The number of hydrogen-bond acceptors (Lipinski definition) is 5. The molecule has 3 atom stereocenters. The first-order chi connectivity index (χ1) is 41.5. The van der Waals surface area contributed by atoms with E-state index in [4.69, 9.17) is 9.05 Å². The second-order valence-electron chi connectivity index (χ2n) is 27.0. The highest BCUT2D eigenvalue weighted by molar-refractivity contribution is 7.47. The maximum atomic E-state index is 13.1. The second-order valence-corrected chi connectivity index (χ2v) is 28.5. The molecule has 0 aromatic rings. The van der Waals surface area contributed by atoms with Gasteiger partial charge in [-0.1, -0.05) is 364 Å². The molecule has 9 heteroatoms. The maximum absolute atomic E-state index is 13.1. The van der Waals surface area contributed by atoms with Gasteiger partial charge >= 0.3 is 7.82 Å². The molecular formula is C76H148N2O6P+. The van der Waals surface area contributed by atoms with E-state index >= 15 is 0 Å². The van der Waals surface area contributed by atoms with Gasteiger partial charge in [0, 0.05) is 6.42 Å². The molecule has 3 N–H and O–H groups in total. The lowest BCUT2D eigenvalue weighted by Crippen LogP contribution is -2.45. The molecule has 85 heavy (non-hydrogen) atoms. The average molecular weight is 1220 g/mol. The SMILES string of the molecule is CCCCCCC/C=C\C/C=C\C/C=C\CCCCCCCCCCCCCCCCCCCCCCCCCCC(=O)NC(COP(=O)(O)OCC[N+](C)(C)C)C(O)/C=C/CCCCCCCCCCCCCCCCCCCCCCCC. The summed E-state index contributed by atoms with van der Waals surface area (Å²) in [5.41, 5.74) is 0. The number of hydrogen-bond donors (Lipinski definition) is 3. The van der Waals surface area contributed by atoms with Crippen LogP contribution >= 0.6 is 7.82 Å². The van der Waals surface area contributed by atoms with Crippen molar-refractivity contribution < 1.29 is 32.9 Å². The molecule has 0 radical (unpaired) electrons. The van der Waals surface area contributed by atoms with Gasteiger partial charge in [0.1, 0.15) is 13.2 Å². The molecule has 0 heterocycles. The van der Waals surface area contributed by atoms with E-state index in [1.165, 1.54) is 315 Å². The predicted molar refractivity (Wildman–Crippen MR) is 374 cm³/mol. The first-order valence-electron chi connectivity index (χ1n) is 37.5. The first-order valence-corrected chi connectivity index (χ1v) is 39.0. The molecule has 8 nitrogen and oxygen atoms in total. The van der Waals surface area contributed by atoms with Crippen molar-refractivity contribution in [1.29, 1.82) is 0 Å². The smallest absolute Gasteiger partial charge is 0.387 e. The van der Waals surface area contributed by atoms with E-state index in [0.29, 0.717) is 17.4 Å². The van der Waals surface area contributed by atoms with Crippen LogP contribution in [0, 0.1) is 0 Å². The summed E-state index contributed by atoms with van der Waals surface area (Å²) in [6, 6.07) is -0.847. The van der Waals surface area contributed by atoms with Crippen molar-refractivity contribution in [3.8, 4) is 0 Å². The molecule has 502 valence electrons. The van der Waals surface area contributed by atoms with Crippen LogP contribution in [-0.4, -0.2) is 73.4 Å². The summed E-state index contributed by atoms with van der Waals surface area (Å²) in [7, 11) is 1.59. The molecule has 0 saturated heterocycles. The van der Waals surface area contributed by atoms with Gasteiger partial charge in [-0.05, 0) is 57.8 Å². The van der Waals surface area contributed by atoms with Gasteiger partial charge in [-0.3, -0.25) is 13.8 Å². The Balaban J connectivity index is 3.95. The predicted octanol–water partition coefficient (Wildman–Crippen LogP) is 24.2. The molecule has 0 aromatic carbocycles. The Kier molecular flexibility index (Phi) is 65.7. The van der Waals surface area contributed by atoms with Crippen LogP contribution in [0.2, 0.25) is 0 Å². The Bertz CT molecular complexity index is 1530. The Morgan fingerprint density at radius 3 is 0.976 bits per heavy atom. The molecule has 0 aliphatic carbocycles. The quantitative estimate of drug-likeness (QED) is 0.0243. The summed E-state index contributed by atoms with van der Waals surface area (Å²) >= 11 is 0. The number of nitrogens with one attached hydrogen (secondary N) is 1.